The van der Waals surface area contributed by atoms with Crippen molar-refractivity contribution in [2.75, 3.05) is 7.11 Å². The van der Waals surface area contributed by atoms with Gasteiger partial charge in [0.1, 0.15) is 0 Å². The van der Waals surface area contributed by atoms with Gasteiger partial charge in [0.15, 0.2) is 0 Å². The summed E-state index contributed by atoms with van der Waals surface area (Å²) in [5.41, 5.74) is 5.27. The second kappa shape index (κ2) is 5.95. The van der Waals surface area contributed by atoms with Gasteiger partial charge in [-0.2, -0.15) is 0 Å². The molecule has 0 fully saturated rings. The summed E-state index contributed by atoms with van der Waals surface area (Å²) < 4.78 is 5.04. The Morgan fingerprint density at radius 3 is 2.78 bits per heavy atom. The lowest BCUT2D eigenvalue weighted by atomic mass is 10.0. The molecule has 0 bridgehead atoms. The molecule has 2 heterocycles. The van der Waals surface area contributed by atoms with Crippen LogP contribution >= 0.6 is 11.3 Å². The van der Waals surface area contributed by atoms with Gasteiger partial charge in [-0.3, -0.25) is 11.3 Å². The SMILES string of the molecule is COc1ccc(CC(NN)c2sccc2C)cn1. The molecule has 0 aliphatic heterocycles. The van der Waals surface area contributed by atoms with Crippen molar-refractivity contribution in [2.24, 2.45) is 5.84 Å². The van der Waals surface area contributed by atoms with E-state index in [0.717, 1.165) is 12.0 Å². The van der Waals surface area contributed by atoms with E-state index in [1.54, 1.807) is 18.4 Å². The highest BCUT2D eigenvalue weighted by molar-refractivity contribution is 7.10. The third-order valence-electron chi connectivity index (χ3n) is 2.87. The molecule has 4 nitrogen and oxygen atoms in total. The summed E-state index contributed by atoms with van der Waals surface area (Å²) in [6.07, 6.45) is 2.64. The standard InChI is InChI=1S/C13H17N3OS/c1-9-5-6-18-13(9)11(16-14)7-10-3-4-12(17-2)15-8-10/h3-6,8,11,16H,7,14H2,1-2H3. The Hall–Kier alpha value is -1.43. The molecule has 18 heavy (non-hydrogen) atoms. The molecule has 0 aromatic carbocycles. The van der Waals surface area contributed by atoms with Gasteiger partial charge in [-0.1, -0.05) is 6.07 Å². The molecule has 0 aliphatic carbocycles. The molecule has 0 saturated carbocycles. The number of hydrogen-bond acceptors (Lipinski definition) is 5. The summed E-state index contributed by atoms with van der Waals surface area (Å²) >= 11 is 1.72. The number of rotatable bonds is 5. The molecule has 5 heteroatoms. The Bertz CT molecular complexity index is 495. The van der Waals surface area contributed by atoms with Crippen molar-refractivity contribution in [3.63, 3.8) is 0 Å². The van der Waals surface area contributed by atoms with Crippen LogP contribution in [0.1, 0.15) is 22.0 Å². The van der Waals surface area contributed by atoms with E-state index in [1.165, 1.54) is 10.4 Å². The molecule has 2 aromatic heterocycles. The van der Waals surface area contributed by atoms with E-state index in [1.807, 2.05) is 18.3 Å². The molecule has 0 radical (unpaired) electrons. The van der Waals surface area contributed by atoms with E-state index >= 15 is 0 Å². The highest BCUT2D eigenvalue weighted by Gasteiger charge is 2.14. The van der Waals surface area contributed by atoms with Crippen LogP contribution in [0.3, 0.4) is 0 Å². The van der Waals surface area contributed by atoms with Crippen LogP contribution in [0.2, 0.25) is 0 Å². The number of ether oxygens (including phenoxy) is 1. The molecule has 1 atom stereocenters. The minimum Gasteiger partial charge on any atom is -0.481 e. The van der Waals surface area contributed by atoms with E-state index in [4.69, 9.17) is 10.6 Å². The number of aromatic nitrogens is 1. The maximum Gasteiger partial charge on any atom is 0.212 e. The summed E-state index contributed by atoms with van der Waals surface area (Å²) in [5.74, 6) is 6.28. The molecular weight excluding hydrogens is 246 g/mol. The fourth-order valence-electron chi connectivity index (χ4n) is 1.86. The largest absolute Gasteiger partial charge is 0.481 e. The fraction of sp³-hybridized carbons (Fsp3) is 0.308. The van der Waals surface area contributed by atoms with E-state index < -0.39 is 0 Å². The Labute approximate surface area is 111 Å². The number of hydrazine groups is 1. The Morgan fingerprint density at radius 2 is 2.28 bits per heavy atom. The van der Waals surface area contributed by atoms with Crippen LogP contribution in [-0.4, -0.2) is 12.1 Å². The molecule has 2 aromatic rings. The average molecular weight is 263 g/mol. The van der Waals surface area contributed by atoms with Crippen molar-refractivity contribution in [1.29, 1.82) is 0 Å². The first-order valence-corrected chi connectivity index (χ1v) is 6.61. The van der Waals surface area contributed by atoms with Gasteiger partial charge in [-0.25, -0.2) is 4.98 Å². The molecule has 0 saturated heterocycles. The minimum atomic E-state index is 0.125. The number of aryl methyl sites for hydroxylation is 1. The molecule has 2 rings (SSSR count). The van der Waals surface area contributed by atoms with E-state index in [0.29, 0.717) is 5.88 Å². The third kappa shape index (κ3) is 2.87. The number of nitrogens with one attached hydrogen (secondary N) is 1. The van der Waals surface area contributed by atoms with Gasteiger partial charge in [-0.15, -0.1) is 11.3 Å². The zero-order chi connectivity index (χ0) is 13.0. The van der Waals surface area contributed by atoms with E-state index in [-0.39, 0.29) is 6.04 Å². The van der Waals surface area contributed by atoms with Crippen LogP contribution in [0.25, 0.3) is 0 Å². The highest BCUT2D eigenvalue weighted by Crippen LogP contribution is 2.26. The summed E-state index contributed by atoms with van der Waals surface area (Å²) in [6.45, 7) is 2.10. The zero-order valence-corrected chi connectivity index (χ0v) is 11.3. The number of nitrogens with two attached hydrogens (primary N) is 1. The number of methoxy groups -OCH3 is 1. The van der Waals surface area contributed by atoms with Gasteiger partial charge in [0.2, 0.25) is 5.88 Å². The number of nitrogens with zero attached hydrogens (tertiary/aromatic N) is 1. The van der Waals surface area contributed by atoms with Gasteiger partial charge in [-0.05, 0) is 35.9 Å². The molecule has 96 valence electrons. The van der Waals surface area contributed by atoms with Crippen LogP contribution < -0.4 is 16.0 Å². The van der Waals surface area contributed by atoms with Crippen molar-refractivity contribution in [2.45, 2.75) is 19.4 Å². The molecule has 0 spiro atoms. The van der Waals surface area contributed by atoms with Gasteiger partial charge in [0.05, 0.1) is 13.2 Å². The summed E-state index contributed by atoms with van der Waals surface area (Å²) in [5, 5.41) is 2.08. The van der Waals surface area contributed by atoms with Crippen LogP contribution in [0.4, 0.5) is 0 Å². The molecular formula is C13H17N3OS. The Kier molecular flexibility index (Phi) is 4.30. The second-order valence-corrected chi connectivity index (χ2v) is 5.05. The molecule has 0 aliphatic rings. The maximum absolute atomic E-state index is 5.65. The minimum absolute atomic E-state index is 0.125. The molecule has 3 N–H and O–H groups in total. The van der Waals surface area contributed by atoms with Gasteiger partial charge >= 0.3 is 0 Å². The number of pyridine rings is 1. The van der Waals surface area contributed by atoms with Crippen LogP contribution in [0.5, 0.6) is 5.88 Å². The van der Waals surface area contributed by atoms with Gasteiger partial charge in [0, 0.05) is 17.1 Å². The zero-order valence-electron chi connectivity index (χ0n) is 10.5. The topological polar surface area (TPSA) is 60.2 Å². The predicted molar refractivity (Wildman–Crippen MR) is 73.6 cm³/mol. The van der Waals surface area contributed by atoms with Crippen LogP contribution in [0.15, 0.2) is 29.8 Å². The molecule has 1 unspecified atom stereocenters. The summed E-state index contributed by atoms with van der Waals surface area (Å²) in [6, 6.07) is 6.11. The van der Waals surface area contributed by atoms with Crippen molar-refractivity contribution < 1.29 is 4.74 Å². The highest BCUT2D eigenvalue weighted by atomic mass is 32.1. The number of hydrogen-bond donors (Lipinski definition) is 2. The fourth-order valence-corrected chi connectivity index (χ4v) is 2.85. The third-order valence-corrected chi connectivity index (χ3v) is 4.00. The predicted octanol–water partition coefficient (Wildman–Crippen LogP) is 2.21. The number of thiophene rings is 1. The molecule has 0 amide bonds. The first-order chi connectivity index (χ1) is 8.74. The lowest BCUT2D eigenvalue weighted by molar-refractivity contribution is 0.397. The van der Waals surface area contributed by atoms with E-state index in [2.05, 4.69) is 28.8 Å². The average Bonchev–Trinajstić information content (AvgIpc) is 2.83. The second-order valence-electron chi connectivity index (χ2n) is 4.10. The Morgan fingerprint density at radius 1 is 1.44 bits per heavy atom. The summed E-state index contributed by atoms with van der Waals surface area (Å²) in [7, 11) is 1.61. The van der Waals surface area contributed by atoms with Gasteiger partial charge < -0.3 is 4.74 Å². The van der Waals surface area contributed by atoms with Crippen LogP contribution in [0, 0.1) is 6.92 Å². The van der Waals surface area contributed by atoms with Crippen LogP contribution in [-0.2, 0) is 6.42 Å². The van der Waals surface area contributed by atoms with Crippen molar-refractivity contribution in [1.82, 2.24) is 10.4 Å². The first kappa shape index (κ1) is 13.0. The lowest BCUT2D eigenvalue weighted by Crippen LogP contribution is -2.29. The lowest BCUT2D eigenvalue weighted by Gasteiger charge is -2.15. The van der Waals surface area contributed by atoms with Crippen molar-refractivity contribution in [3.05, 3.63) is 45.8 Å². The van der Waals surface area contributed by atoms with Crippen molar-refractivity contribution in [3.8, 4) is 5.88 Å². The maximum atomic E-state index is 5.65. The van der Waals surface area contributed by atoms with Crippen molar-refractivity contribution >= 4 is 11.3 Å². The normalized spacial score (nSPS) is 12.4. The first-order valence-electron chi connectivity index (χ1n) is 5.73. The Balaban J connectivity index is 2.13. The monoisotopic (exact) mass is 263 g/mol. The quantitative estimate of drug-likeness (QED) is 0.641. The van der Waals surface area contributed by atoms with Gasteiger partial charge in [0.25, 0.3) is 0 Å². The smallest absolute Gasteiger partial charge is 0.212 e. The summed E-state index contributed by atoms with van der Waals surface area (Å²) in [4.78, 5) is 5.47. The van der Waals surface area contributed by atoms with E-state index in [9.17, 15) is 0 Å².